The number of carboxylic acids is 1. The van der Waals surface area contributed by atoms with Gasteiger partial charge in [0.05, 0.1) is 17.3 Å². The van der Waals surface area contributed by atoms with E-state index in [1.807, 2.05) is 4.40 Å². The highest BCUT2D eigenvalue weighted by Gasteiger charge is 2.18. The highest BCUT2D eigenvalue weighted by molar-refractivity contribution is 5.88. The number of nitrogens with zero attached hydrogens (tertiary/aromatic N) is 2. The van der Waals surface area contributed by atoms with Crippen molar-refractivity contribution in [3.63, 3.8) is 0 Å². The van der Waals surface area contributed by atoms with E-state index in [0.717, 1.165) is 37.4 Å². The van der Waals surface area contributed by atoms with Gasteiger partial charge in [-0.25, -0.2) is 9.78 Å². The first-order valence-electron chi connectivity index (χ1n) is 6.01. The van der Waals surface area contributed by atoms with Crippen LogP contribution in [0.25, 0.3) is 5.52 Å². The Morgan fingerprint density at radius 3 is 3.22 bits per heavy atom. The van der Waals surface area contributed by atoms with E-state index in [-0.39, 0.29) is 5.56 Å². The van der Waals surface area contributed by atoms with Crippen LogP contribution in [-0.4, -0.2) is 33.7 Å². The van der Waals surface area contributed by atoms with Gasteiger partial charge in [0.25, 0.3) is 0 Å². The van der Waals surface area contributed by atoms with Gasteiger partial charge >= 0.3 is 5.97 Å². The van der Waals surface area contributed by atoms with Gasteiger partial charge in [0.1, 0.15) is 5.82 Å². The molecular formula is C13H14N2O3. The Morgan fingerprint density at radius 2 is 2.50 bits per heavy atom. The summed E-state index contributed by atoms with van der Waals surface area (Å²) in [6.45, 7) is 1.62. The summed E-state index contributed by atoms with van der Waals surface area (Å²) in [5.41, 5.74) is 1.11. The zero-order chi connectivity index (χ0) is 12.5. The smallest absolute Gasteiger partial charge is 0.335 e. The van der Waals surface area contributed by atoms with Crippen LogP contribution in [0.5, 0.6) is 0 Å². The van der Waals surface area contributed by atoms with Crippen molar-refractivity contribution < 1.29 is 14.6 Å². The molecule has 2 aromatic heterocycles. The lowest BCUT2D eigenvalue weighted by molar-refractivity contribution is 0.0697. The number of ether oxygens (including phenoxy) is 1. The first-order valence-corrected chi connectivity index (χ1v) is 6.01. The van der Waals surface area contributed by atoms with Crippen LogP contribution in [0.15, 0.2) is 24.5 Å². The van der Waals surface area contributed by atoms with Crippen LogP contribution in [0.3, 0.4) is 0 Å². The predicted molar refractivity (Wildman–Crippen MR) is 64.8 cm³/mol. The number of imidazole rings is 1. The lowest BCUT2D eigenvalue weighted by Crippen LogP contribution is -2.07. The third kappa shape index (κ3) is 1.97. The van der Waals surface area contributed by atoms with Crippen LogP contribution >= 0.6 is 0 Å². The second-order valence-corrected chi connectivity index (χ2v) is 4.62. The topological polar surface area (TPSA) is 63.8 Å². The lowest BCUT2D eigenvalue weighted by atomic mass is 10.1. The number of carboxylic acid groups (broad SMARTS) is 1. The third-order valence-electron chi connectivity index (χ3n) is 3.35. The van der Waals surface area contributed by atoms with Gasteiger partial charge in [-0.05, 0) is 24.5 Å². The molecule has 1 atom stereocenters. The first kappa shape index (κ1) is 11.2. The number of hydrogen-bond acceptors (Lipinski definition) is 3. The lowest BCUT2D eigenvalue weighted by Gasteiger charge is -2.06. The predicted octanol–water partition coefficient (Wildman–Crippen LogP) is 1.61. The van der Waals surface area contributed by atoms with E-state index in [2.05, 4.69) is 4.98 Å². The van der Waals surface area contributed by atoms with Gasteiger partial charge in [-0.2, -0.15) is 0 Å². The van der Waals surface area contributed by atoms with E-state index in [4.69, 9.17) is 9.84 Å². The van der Waals surface area contributed by atoms with Crippen molar-refractivity contribution in [3.05, 3.63) is 35.9 Å². The molecule has 0 aliphatic carbocycles. The molecule has 2 aromatic rings. The van der Waals surface area contributed by atoms with E-state index in [1.165, 1.54) is 0 Å². The highest BCUT2D eigenvalue weighted by atomic mass is 16.5. The zero-order valence-electron chi connectivity index (χ0n) is 9.87. The van der Waals surface area contributed by atoms with Crippen LogP contribution in [0.4, 0.5) is 0 Å². The molecular weight excluding hydrogens is 232 g/mol. The minimum atomic E-state index is -0.913. The maximum Gasteiger partial charge on any atom is 0.335 e. The second kappa shape index (κ2) is 4.42. The summed E-state index contributed by atoms with van der Waals surface area (Å²) < 4.78 is 7.30. The molecule has 1 N–H and O–H groups in total. The Balaban J connectivity index is 1.91. The number of rotatable bonds is 3. The van der Waals surface area contributed by atoms with Gasteiger partial charge in [-0.15, -0.1) is 0 Å². The Bertz CT molecular complexity index is 585. The zero-order valence-corrected chi connectivity index (χ0v) is 9.87. The fraction of sp³-hybridized carbons (Fsp3) is 0.385. The summed E-state index contributed by atoms with van der Waals surface area (Å²) >= 11 is 0. The Labute approximate surface area is 104 Å². The third-order valence-corrected chi connectivity index (χ3v) is 3.35. The fourth-order valence-electron chi connectivity index (χ4n) is 2.34. The molecule has 1 aliphatic rings. The average molecular weight is 246 g/mol. The molecule has 1 saturated heterocycles. The average Bonchev–Trinajstić information content (AvgIpc) is 2.99. The molecule has 0 radical (unpaired) electrons. The second-order valence-electron chi connectivity index (χ2n) is 4.62. The van der Waals surface area contributed by atoms with E-state index < -0.39 is 5.97 Å². The number of hydrogen-bond donors (Lipinski definition) is 1. The minimum absolute atomic E-state index is 0.290. The van der Waals surface area contributed by atoms with Crippen molar-refractivity contribution in [3.8, 4) is 0 Å². The Morgan fingerprint density at radius 1 is 1.61 bits per heavy atom. The van der Waals surface area contributed by atoms with E-state index in [1.54, 1.807) is 24.5 Å². The number of pyridine rings is 1. The van der Waals surface area contributed by atoms with Gasteiger partial charge in [0, 0.05) is 25.8 Å². The van der Waals surface area contributed by atoms with Crippen molar-refractivity contribution >= 4 is 11.5 Å². The quantitative estimate of drug-likeness (QED) is 0.893. The molecule has 1 unspecified atom stereocenters. The van der Waals surface area contributed by atoms with Gasteiger partial charge in [0.2, 0.25) is 0 Å². The van der Waals surface area contributed by atoms with Crippen molar-refractivity contribution in [2.45, 2.75) is 12.8 Å². The molecule has 3 heterocycles. The van der Waals surface area contributed by atoms with Crippen LogP contribution in [0.1, 0.15) is 22.6 Å². The molecule has 1 aliphatic heterocycles. The van der Waals surface area contributed by atoms with E-state index in [9.17, 15) is 4.79 Å². The molecule has 0 bridgehead atoms. The number of fused-ring (bicyclic) bond motifs is 1. The summed E-state index contributed by atoms with van der Waals surface area (Å²) in [6, 6.07) is 3.25. The molecule has 94 valence electrons. The number of aromatic carboxylic acids is 1. The monoisotopic (exact) mass is 246 g/mol. The Kier molecular flexibility index (Phi) is 2.76. The van der Waals surface area contributed by atoms with Crippen molar-refractivity contribution in [1.29, 1.82) is 0 Å². The normalized spacial score (nSPS) is 19.4. The standard InChI is InChI=1S/C13H14N2O3/c16-13(17)10-1-3-15-11(6-10)7-14-12(15)5-9-2-4-18-8-9/h1,3,6-7,9H,2,4-5,8H2,(H,16,17). The molecule has 5 nitrogen and oxygen atoms in total. The molecule has 1 fully saturated rings. The molecule has 0 saturated carbocycles. The minimum Gasteiger partial charge on any atom is -0.478 e. The van der Waals surface area contributed by atoms with E-state index in [0.29, 0.717) is 5.92 Å². The molecule has 0 spiro atoms. The largest absolute Gasteiger partial charge is 0.478 e. The van der Waals surface area contributed by atoms with Gasteiger partial charge in [0.15, 0.2) is 0 Å². The molecule has 18 heavy (non-hydrogen) atoms. The number of aromatic nitrogens is 2. The van der Waals surface area contributed by atoms with Gasteiger partial charge in [-0.3, -0.25) is 0 Å². The Hall–Kier alpha value is -1.88. The number of carbonyl (C=O) groups is 1. The first-order chi connectivity index (χ1) is 8.74. The molecule has 0 aromatic carbocycles. The summed E-state index contributed by atoms with van der Waals surface area (Å²) in [6.07, 6.45) is 5.44. The van der Waals surface area contributed by atoms with Crippen molar-refractivity contribution in [2.75, 3.05) is 13.2 Å². The van der Waals surface area contributed by atoms with Crippen LogP contribution in [-0.2, 0) is 11.2 Å². The maximum atomic E-state index is 10.9. The van der Waals surface area contributed by atoms with Crippen molar-refractivity contribution in [1.82, 2.24) is 9.38 Å². The summed E-state index contributed by atoms with van der Waals surface area (Å²) in [4.78, 5) is 15.3. The summed E-state index contributed by atoms with van der Waals surface area (Å²) in [5.74, 6) is 0.580. The molecule has 3 rings (SSSR count). The molecule has 0 amide bonds. The van der Waals surface area contributed by atoms with Crippen LogP contribution in [0.2, 0.25) is 0 Å². The summed E-state index contributed by atoms with van der Waals surface area (Å²) in [5, 5.41) is 8.93. The molecule has 5 heteroatoms. The SMILES string of the molecule is O=C(O)c1ccn2c(CC3CCOC3)ncc2c1. The van der Waals surface area contributed by atoms with Crippen LogP contribution in [0, 0.1) is 5.92 Å². The van der Waals surface area contributed by atoms with Gasteiger partial charge < -0.3 is 14.2 Å². The van der Waals surface area contributed by atoms with Gasteiger partial charge in [-0.1, -0.05) is 0 Å². The fourth-order valence-corrected chi connectivity index (χ4v) is 2.34. The van der Waals surface area contributed by atoms with Crippen molar-refractivity contribution in [2.24, 2.45) is 5.92 Å². The van der Waals surface area contributed by atoms with E-state index >= 15 is 0 Å². The summed E-state index contributed by atoms with van der Waals surface area (Å²) in [7, 11) is 0. The highest BCUT2D eigenvalue weighted by Crippen LogP contribution is 2.19. The maximum absolute atomic E-state index is 10.9. The van der Waals surface area contributed by atoms with Crippen LogP contribution < -0.4 is 0 Å².